The van der Waals surface area contributed by atoms with Gasteiger partial charge in [0, 0.05) is 48.4 Å². The Bertz CT molecular complexity index is 1260. The SMILES string of the molecule is Cc1c(N)cc(CN=[N+]=[N-])cc1N1CCN(C(=O)OCC2c3ccccc3-c3ccccc32)CC1. The zero-order valence-electron chi connectivity index (χ0n) is 19.7. The van der Waals surface area contributed by atoms with Crippen LogP contribution in [0.4, 0.5) is 16.2 Å². The van der Waals surface area contributed by atoms with Crippen LogP contribution in [0.1, 0.15) is 28.2 Å². The predicted octanol–water partition coefficient (Wildman–Crippen LogP) is 5.46. The van der Waals surface area contributed by atoms with Crippen LogP contribution in [0.3, 0.4) is 0 Å². The molecule has 3 aromatic rings. The summed E-state index contributed by atoms with van der Waals surface area (Å²) < 4.78 is 5.83. The maximum Gasteiger partial charge on any atom is 0.409 e. The van der Waals surface area contributed by atoms with E-state index < -0.39 is 0 Å². The Kier molecular flexibility index (Phi) is 6.21. The standard InChI is InChI=1S/C27H28N6O2/c1-18-25(28)14-19(16-30-31-29)15-26(18)32-10-12-33(13-11-32)27(34)35-17-24-22-8-4-2-6-20(22)21-7-3-5-9-23(21)24/h2-9,14-15,24H,10-13,16-17,28H2,1H3. The number of azide groups is 1. The fraction of sp³-hybridized carbons (Fsp3) is 0.296. The molecule has 1 heterocycles. The number of carbonyl (C=O) groups is 1. The molecule has 2 aliphatic rings. The lowest BCUT2D eigenvalue weighted by Gasteiger charge is -2.36. The van der Waals surface area contributed by atoms with Gasteiger partial charge < -0.3 is 20.3 Å². The van der Waals surface area contributed by atoms with E-state index in [-0.39, 0.29) is 18.6 Å². The molecule has 0 aromatic heterocycles. The van der Waals surface area contributed by atoms with Crippen molar-refractivity contribution in [3.05, 3.63) is 93.4 Å². The number of nitrogens with two attached hydrogens (primary N) is 1. The molecule has 3 aromatic carbocycles. The molecule has 1 aliphatic heterocycles. The molecule has 2 N–H and O–H groups in total. The average Bonchev–Trinajstić information content (AvgIpc) is 3.21. The summed E-state index contributed by atoms with van der Waals surface area (Å²) in [4.78, 5) is 19.8. The van der Waals surface area contributed by atoms with Crippen molar-refractivity contribution in [3.8, 4) is 11.1 Å². The van der Waals surface area contributed by atoms with E-state index in [0.717, 1.165) is 16.8 Å². The van der Waals surface area contributed by atoms with E-state index in [1.807, 2.05) is 43.3 Å². The molecule has 178 valence electrons. The van der Waals surface area contributed by atoms with Crippen LogP contribution in [-0.4, -0.2) is 43.8 Å². The molecule has 1 fully saturated rings. The van der Waals surface area contributed by atoms with Gasteiger partial charge in [0.25, 0.3) is 0 Å². The van der Waals surface area contributed by atoms with Crippen LogP contribution in [0.2, 0.25) is 0 Å². The third-order valence-electron chi connectivity index (χ3n) is 7.01. The van der Waals surface area contributed by atoms with E-state index >= 15 is 0 Å². The molecule has 1 amide bonds. The zero-order chi connectivity index (χ0) is 24.4. The van der Waals surface area contributed by atoms with Crippen LogP contribution in [0, 0.1) is 6.92 Å². The van der Waals surface area contributed by atoms with Crippen LogP contribution in [0.5, 0.6) is 0 Å². The van der Waals surface area contributed by atoms with Crippen molar-refractivity contribution in [1.29, 1.82) is 0 Å². The first kappa shape index (κ1) is 22.6. The van der Waals surface area contributed by atoms with E-state index in [1.54, 1.807) is 4.90 Å². The number of nitrogen functional groups attached to an aromatic ring is 1. The van der Waals surface area contributed by atoms with Crippen molar-refractivity contribution in [2.24, 2.45) is 5.11 Å². The lowest BCUT2D eigenvalue weighted by molar-refractivity contribution is 0.0977. The minimum absolute atomic E-state index is 0.0528. The van der Waals surface area contributed by atoms with Gasteiger partial charge in [-0.15, -0.1) is 0 Å². The molecule has 1 saturated heterocycles. The number of fused-ring (bicyclic) bond motifs is 3. The summed E-state index contributed by atoms with van der Waals surface area (Å²) in [5.41, 5.74) is 23.2. The number of benzene rings is 3. The fourth-order valence-electron chi connectivity index (χ4n) is 5.13. The topological polar surface area (TPSA) is 108 Å². The zero-order valence-corrected chi connectivity index (χ0v) is 19.7. The predicted molar refractivity (Wildman–Crippen MR) is 137 cm³/mol. The second-order valence-corrected chi connectivity index (χ2v) is 9.00. The monoisotopic (exact) mass is 468 g/mol. The Morgan fingerprint density at radius 3 is 2.31 bits per heavy atom. The van der Waals surface area contributed by atoms with Crippen LogP contribution in [0.25, 0.3) is 21.6 Å². The molecule has 8 nitrogen and oxygen atoms in total. The highest BCUT2D eigenvalue weighted by Gasteiger charge is 2.30. The molecule has 0 saturated carbocycles. The van der Waals surface area contributed by atoms with E-state index in [0.29, 0.717) is 38.5 Å². The highest BCUT2D eigenvalue weighted by atomic mass is 16.6. The molecule has 0 radical (unpaired) electrons. The smallest absolute Gasteiger partial charge is 0.409 e. The van der Waals surface area contributed by atoms with Crippen LogP contribution < -0.4 is 10.6 Å². The minimum Gasteiger partial charge on any atom is -0.448 e. The molecular weight excluding hydrogens is 440 g/mol. The lowest BCUT2D eigenvalue weighted by Crippen LogP contribution is -2.49. The third-order valence-corrected chi connectivity index (χ3v) is 7.01. The number of carbonyl (C=O) groups excluding carboxylic acids is 1. The van der Waals surface area contributed by atoms with Crippen LogP contribution >= 0.6 is 0 Å². The molecule has 0 atom stereocenters. The molecule has 8 heteroatoms. The Morgan fingerprint density at radius 2 is 1.69 bits per heavy atom. The number of nitrogens with zero attached hydrogens (tertiary/aromatic N) is 5. The Morgan fingerprint density at radius 1 is 1.06 bits per heavy atom. The molecule has 35 heavy (non-hydrogen) atoms. The van der Waals surface area contributed by atoms with Gasteiger partial charge in [-0.05, 0) is 58.0 Å². The van der Waals surface area contributed by atoms with Gasteiger partial charge in [-0.25, -0.2) is 4.79 Å². The summed E-state index contributed by atoms with van der Waals surface area (Å²) in [6.07, 6.45) is -0.278. The van der Waals surface area contributed by atoms with Gasteiger partial charge in [0.2, 0.25) is 0 Å². The highest BCUT2D eigenvalue weighted by molar-refractivity contribution is 5.79. The second kappa shape index (κ2) is 9.60. The number of ether oxygens (including phenoxy) is 1. The quantitative estimate of drug-likeness (QED) is 0.232. The largest absolute Gasteiger partial charge is 0.448 e. The second-order valence-electron chi connectivity index (χ2n) is 9.00. The summed E-state index contributed by atoms with van der Waals surface area (Å²) in [6.45, 7) is 5.05. The first-order valence-corrected chi connectivity index (χ1v) is 11.8. The fourth-order valence-corrected chi connectivity index (χ4v) is 5.13. The summed E-state index contributed by atoms with van der Waals surface area (Å²) in [6, 6.07) is 20.5. The summed E-state index contributed by atoms with van der Waals surface area (Å²) >= 11 is 0. The van der Waals surface area contributed by atoms with E-state index in [2.05, 4.69) is 39.2 Å². The number of rotatable bonds is 5. The Hall–Kier alpha value is -4.16. The van der Waals surface area contributed by atoms with Crippen LogP contribution in [0.15, 0.2) is 65.8 Å². The maximum atomic E-state index is 12.9. The van der Waals surface area contributed by atoms with Gasteiger partial charge >= 0.3 is 6.09 Å². The highest BCUT2D eigenvalue weighted by Crippen LogP contribution is 2.44. The van der Waals surface area contributed by atoms with Crippen molar-refractivity contribution in [2.75, 3.05) is 43.4 Å². The normalized spacial score (nSPS) is 14.8. The first-order chi connectivity index (χ1) is 17.1. The van der Waals surface area contributed by atoms with Gasteiger partial charge in [-0.3, -0.25) is 0 Å². The minimum atomic E-state index is -0.278. The van der Waals surface area contributed by atoms with Gasteiger partial charge in [0.15, 0.2) is 0 Å². The summed E-state index contributed by atoms with van der Waals surface area (Å²) in [7, 11) is 0. The third kappa shape index (κ3) is 4.36. The number of piperazine rings is 1. The molecule has 1 aliphatic carbocycles. The van der Waals surface area contributed by atoms with Crippen molar-refractivity contribution < 1.29 is 9.53 Å². The van der Waals surface area contributed by atoms with Crippen LogP contribution in [-0.2, 0) is 11.3 Å². The van der Waals surface area contributed by atoms with Crippen molar-refractivity contribution >= 4 is 17.5 Å². The lowest BCUT2D eigenvalue weighted by atomic mass is 9.98. The van der Waals surface area contributed by atoms with Gasteiger partial charge in [-0.2, -0.15) is 0 Å². The number of hydrogen-bond acceptors (Lipinski definition) is 5. The van der Waals surface area contributed by atoms with Gasteiger partial charge in [0.1, 0.15) is 6.61 Å². The molecular formula is C27H28N6O2. The van der Waals surface area contributed by atoms with E-state index in [1.165, 1.54) is 22.3 Å². The van der Waals surface area contributed by atoms with E-state index in [4.69, 9.17) is 16.0 Å². The molecule has 0 spiro atoms. The van der Waals surface area contributed by atoms with E-state index in [9.17, 15) is 4.79 Å². The van der Waals surface area contributed by atoms with Crippen molar-refractivity contribution in [1.82, 2.24) is 4.90 Å². The number of hydrogen-bond donors (Lipinski definition) is 1. The molecule has 0 bridgehead atoms. The average molecular weight is 469 g/mol. The first-order valence-electron chi connectivity index (χ1n) is 11.8. The summed E-state index contributed by atoms with van der Waals surface area (Å²) in [5.74, 6) is 0.0528. The summed E-state index contributed by atoms with van der Waals surface area (Å²) in [5, 5.41) is 3.65. The Labute approximate surface area is 204 Å². The van der Waals surface area contributed by atoms with Crippen molar-refractivity contribution in [3.63, 3.8) is 0 Å². The van der Waals surface area contributed by atoms with Crippen molar-refractivity contribution in [2.45, 2.75) is 19.4 Å². The number of amides is 1. The van der Waals surface area contributed by atoms with Gasteiger partial charge in [0.05, 0.1) is 6.54 Å². The molecule has 5 rings (SSSR count). The number of anilines is 2. The Balaban J connectivity index is 1.23. The molecule has 0 unspecified atom stereocenters. The maximum absolute atomic E-state index is 12.9. The van der Waals surface area contributed by atoms with Gasteiger partial charge in [-0.1, -0.05) is 53.6 Å².